The molecule has 0 spiro atoms. The van der Waals surface area contributed by atoms with E-state index in [2.05, 4.69) is 17.1 Å². The molecule has 1 aliphatic rings. The molecule has 1 aliphatic heterocycles. The van der Waals surface area contributed by atoms with Gasteiger partial charge in [0.15, 0.2) is 0 Å². The second kappa shape index (κ2) is 7.52. The first kappa shape index (κ1) is 15.9. The summed E-state index contributed by atoms with van der Waals surface area (Å²) in [6, 6.07) is 6.82. The lowest BCUT2D eigenvalue weighted by Gasteiger charge is -2.34. The van der Waals surface area contributed by atoms with Crippen LogP contribution in [0.15, 0.2) is 24.3 Å². The minimum absolute atomic E-state index is 0.107. The summed E-state index contributed by atoms with van der Waals surface area (Å²) in [5.41, 5.74) is 0.832. The highest BCUT2D eigenvalue weighted by Crippen LogP contribution is 2.09. The van der Waals surface area contributed by atoms with Crippen LogP contribution in [-0.2, 0) is 11.3 Å². The van der Waals surface area contributed by atoms with Gasteiger partial charge in [0.2, 0.25) is 5.91 Å². The molecule has 1 fully saturated rings. The quantitative estimate of drug-likeness (QED) is 0.893. The van der Waals surface area contributed by atoms with E-state index in [-0.39, 0.29) is 11.7 Å². The van der Waals surface area contributed by atoms with Crippen molar-refractivity contribution in [2.45, 2.75) is 26.4 Å². The van der Waals surface area contributed by atoms with Crippen molar-refractivity contribution >= 4 is 5.91 Å². The number of likely N-dealkylation sites (N-methyl/N-ethyl adjacent to an activating group) is 1. The molecule has 0 aliphatic carbocycles. The molecule has 0 unspecified atom stereocenters. The van der Waals surface area contributed by atoms with Crippen LogP contribution in [-0.4, -0.2) is 54.5 Å². The molecule has 116 valence electrons. The number of rotatable bonds is 5. The standard InChI is InChI=1S/C16H24FN3O/c1-3-19(11-14-5-4-6-15(17)9-14)16(21)12-20-8-7-18-10-13(20)2/h4-6,9,13,18H,3,7-8,10-12H2,1-2H3/t13-/m1/s1. The van der Waals surface area contributed by atoms with Gasteiger partial charge >= 0.3 is 0 Å². The van der Waals surface area contributed by atoms with Gasteiger partial charge in [-0.05, 0) is 31.5 Å². The molecular weight excluding hydrogens is 269 g/mol. The van der Waals surface area contributed by atoms with Gasteiger partial charge in [-0.3, -0.25) is 9.69 Å². The van der Waals surface area contributed by atoms with Crippen LogP contribution in [0, 0.1) is 5.82 Å². The monoisotopic (exact) mass is 293 g/mol. The number of nitrogens with zero attached hydrogens (tertiary/aromatic N) is 2. The maximum absolute atomic E-state index is 13.2. The van der Waals surface area contributed by atoms with E-state index in [1.165, 1.54) is 12.1 Å². The third kappa shape index (κ3) is 4.51. The molecule has 1 N–H and O–H groups in total. The number of benzene rings is 1. The van der Waals surface area contributed by atoms with Crippen molar-refractivity contribution in [3.63, 3.8) is 0 Å². The molecule has 4 nitrogen and oxygen atoms in total. The lowest BCUT2D eigenvalue weighted by Crippen LogP contribution is -2.53. The lowest BCUT2D eigenvalue weighted by atomic mass is 10.2. The number of hydrogen-bond acceptors (Lipinski definition) is 3. The van der Waals surface area contributed by atoms with Crippen LogP contribution in [0.5, 0.6) is 0 Å². The molecule has 1 heterocycles. The maximum Gasteiger partial charge on any atom is 0.237 e. The predicted octanol–water partition coefficient (Wildman–Crippen LogP) is 1.47. The van der Waals surface area contributed by atoms with Crippen molar-refractivity contribution in [3.05, 3.63) is 35.6 Å². The predicted molar refractivity (Wildman–Crippen MR) is 81.4 cm³/mol. The van der Waals surface area contributed by atoms with E-state index in [4.69, 9.17) is 0 Å². The van der Waals surface area contributed by atoms with Crippen LogP contribution < -0.4 is 5.32 Å². The molecule has 1 amide bonds. The molecule has 1 atom stereocenters. The van der Waals surface area contributed by atoms with Crippen LogP contribution in [0.25, 0.3) is 0 Å². The summed E-state index contributed by atoms with van der Waals surface area (Å²) in [6.45, 7) is 8.36. The topological polar surface area (TPSA) is 35.6 Å². The molecule has 1 saturated heterocycles. The number of hydrogen-bond donors (Lipinski definition) is 1. The number of piperazine rings is 1. The Labute approximate surface area is 125 Å². The van der Waals surface area contributed by atoms with Gasteiger partial charge in [0.05, 0.1) is 6.54 Å². The third-order valence-corrected chi connectivity index (χ3v) is 3.97. The molecule has 0 aromatic heterocycles. The van der Waals surface area contributed by atoms with Crippen molar-refractivity contribution < 1.29 is 9.18 Å². The number of nitrogens with one attached hydrogen (secondary N) is 1. The van der Waals surface area contributed by atoms with Gasteiger partial charge in [-0.1, -0.05) is 12.1 Å². The maximum atomic E-state index is 13.2. The fourth-order valence-corrected chi connectivity index (χ4v) is 2.62. The first-order chi connectivity index (χ1) is 10.1. The first-order valence-corrected chi connectivity index (χ1v) is 7.57. The Balaban J connectivity index is 1.95. The lowest BCUT2D eigenvalue weighted by molar-refractivity contribution is -0.133. The van der Waals surface area contributed by atoms with Crippen LogP contribution in [0.2, 0.25) is 0 Å². The Morgan fingerprint density at radius 1 is 1.52 bits per heavy atom. The zero-order valence-electron chi connectivity index (χ0n) is 12.8. The van der Waals surface area contributed by atoms with E-state index >= 15 is 0 Å². The van der Waals surface area contributed by atoms with Gasteiger partial charge in [0, 0.05) is 38.8 Å². The zero-order valence-corrected chi connectivity index (χ0v) is 12.8. The molecular formula is C16H24FN3O. The zero-order chi connectivity index (χ0) is 15.2. The summed E-state index contributed by atoms with van der Waals surface area (Å²) < 4.78 is 13.2. The summed E-state index contributed by atoms with van der Waals surface area (Å²) in [6.07, 6.45) is 0. The third-order valence-electron chi connectivity index (χ3n) is 3.97. The normalized spacial score (nSPS) is 19.5. The molecule has 1 aromatic rings. The van der Waals surface area contributed by atoms with Crippen molar-refractivity contribution in [2.75, 3.05) is 32.7 Å². The summed E-state index contributed by atoms with van der Waals surface area (Å²) in [5.74, 6) is -0.151. The van der Waals surface area contributed by atoms with Gasteiger partial charge < -0.3 is 10.2 Å². The average molecular weight is 293 g/mol. The Hall–Kier alpha value is -1.46. The van der Waals surface area contributed by atoms with Crippen molar-refractivity contribution in [1.29, 1.82) is 0 Å². The molecule has 0 radical (unpaired) electrons. The highest BCUT2D eigenvalue weighted by Gasteiger charge is 2.22. The number of carbonyl (C=O) groups is 1. The first-order valence-electron chi connectivity index (χ1n) is 7.57. The molecule has 0 saturated carbocycles. The van der Waals surface area contributed by atoms with Gasteiger partial charge in [-0.2, -0.15) is 0 Å². The van der Waals surface area contributed by atoms with Crippen LogP contribution in [0.4, 0.5) is 4.39 Å². The minimum Gasteiger partial charge on any atom is -0.338 e. The molecule has 5 heteroatoms. The van der Waals surface area contributed by atoms with Crippen LogP contribution >= 0.6 is 0 Å². The molecule has 21 heavy (non-hydrogen) atoms. The molecule has 0 bridgehead atoms. The van der Waals surface area contributed by atoms with E-state index in [0.717, 1.165) is 25.2 Å². The van der Waals surface area contributed by atoms with E-state index in [1.54, 1.807) is 11.0 Å². The van der Waals surface area contributed by atoms with E-state index < -0.39 is 0 Å². The Kier molecular flexibility index (Phi) is 5.70. The fourth-order valence-electron chi connectivity index (χ4n) is 2.62. The van der Waals surface area contributed by atoms with Crippen molar-refractivity contribution in [1.82, 2.24) is 15.1 Å². The summed E-state index contributed by atoms with van der Waals surface area (Å²) in [7, 11) is 0. The molecule has 1 aromatic carbocycles. The highest BCUT2D eigenvalue weighted by molar-refractivity contribution is 5.78. The van der Waals surface area contributed by atoms with Gasteiger partial charge in [-0.25, -0.2) is 4.39 Å². The number of halogens is 1. The average Bonchev–Trinajstić information content (AvgIpc) is 2.47. The fraction of sp³-hybridized carbons (Fsp3) is 0.562. The SMILES string of the molecule is CCN(Cc1cccc(F)c1)C(=O)CN1CCNC[C@H]1C. The summed E-state index contributed by atoms with van der Waals surface area (Å²) in [4.78, 5) is 16.4. The van der Waals surface area contributed by atoms with Crippen molar-refractivity contribution in [2.24, 2.45) is 0 Å². The van der Waals surface area contributed by atoms with Gasteiger partial charge in [0.25, 0.3) is 0 Å². The molecule has 2 rings (SSSR count). The second-order valence-electron chi connectivity index (χ2n) is 5.56. The summed E-state index contributed by atoms with van der Waals surface area (Å²) in [5, 5.41) is 3.32. The number of carbonyl (C=O) groups excluding carboxylic acids is 1. The highest BCUT2D eigenvalue weighted by atomic mass is 19.1. The van der Waals surface area contributed by atoms with E-state index in [9.17, 15) is 9.18 Å². The Morgan fingerprint density at radius 3 is 3.00 bits per heavy atom. The van der Waals surface area contributed by atoms with Crippen molar-refractivity contribution in [3.8, 4) is 0 Å². The number of amides is 1. The van der Waals surface area contributed by atoms with Gasteiger partial charge in [-0.15, -0.1) is 0 Å². The second-order valence-corrected chi connectivity index (χ2v) is 5.56. The van der Waals surface area contributed by atoms with Crippen LogP contribution in [0.3, 0.4) is 0 Å². The Morgan fingerprint density at radius 2 is 2.33 bits per heavy atom. The largest absolute Gasteiger partial charge is 0.338 e. The van der Waals surface area contributed by atoms with Crippen LogP contribution in [0.1, 0.15) is 19.4 Å². The van der Waals surface area contributed by atoms with E-state index in [0.29, 0.717) is 25.7 Å². The minimum atomic E-state index is -0.258. The Bertz CT molecular complexity index is 480. The summed E-state index contributed by atoms with van der Waals surface area (Å²) >= 11 is 0. The van der Waals surface area contributed by atoms with Gasteiger partial charge in [0.1, 0.15) is 5.82 Å². The smallest absolute Gasteiger partial charge is 0.237 e. The van der Waals surface area contributed by atoms with E-state index in [1.807, 2.05) is 13.0 Å².